The Morgan fingerprint density at radius 1 is 1.09 bits per heavy atom. The van der Waals surface area contributed by atoms with Crippen LogP contribution in [-0.4, -0.2) is 17.9 Å². The summed E-state index contributed by atoms with van der Waals surface area (Å²) in [6.45, 7) is 11.3. The van der Waals surface area contributed by atoms with Gasteiger partial charge in [0.2, 0.25) is 0 Å². The van der Waals surface area contributed by atoms with Crippen molar-refractivity contribution in [2.45, 2.75) is 97.5 Å². The predicted octanol–water partition coefficient (Wildman–Crippen LogP) is 6.73. The van der Waals surface area contributed by atoms with Gasteiger partial charge in [0.25, 0.3) is 0 Å². The van der Waals surface area contributed by atoms with E-state index in [0.717, 1.165) is 50.0 Å². The molecule has 0 heterocycles. The Labute approximate surface area is 193 Å². The van der Waals surface area contributed by atoms with Crippen LogP contribution >= 0.6 is 0 Å². The molecule has 0 N–H and O–H groups in total. The maximum Gasteiger partial charge on any atom is 0.306 e. The molecule has 5 rings (SSSR count). The second kappa shape index (κ2) is 7.99. The van der Waals surface area contributed by atoms with Crippen LogP contribution in [0.3, 0.4) is 0 Å². The summed E-state index contributed by atoms with van der Waals surface area (Å²) in [7, 11) is 0. The van der Waals surface area contributed by atoms with Crippen molar-refractivity contribution in [1.82, 2.24) is 0 Å². The molecular weight excluding hydrogens is 396 g/mol. The minimum Gasteiger partial charge on any atom is -0.462 e. The van der Waals surface area contributed by atoms with Gasteiger partial charge in [-0.15, -0.1) is 0 Å². The summed E-state index contributed by atoms with van der Waals surface area (Å²) in [5.74, 6) is 2.54. The van der Waals surface area contributed by atoms with Gasteiger partial charge in [0.05, 0.1) is 0 Å². The summed E-state index contributed by atoms with van der Waals surface area (Å²) in [5.41, 5.74) is 3.53. The fraction of sp³-hybridized carbons (Fsp3) is 0.724. The van der Waals surface area contributed by atoms with E-state index in [9.17, 15) is 9.59 Å². The fourth-order valence-electron chi connectivity index (χ4n) is 8.54. The zero-order valence-electron chi connectivity index (χ0n) is 20.3. The van der Waals surface area contributed by atoms with Crippen molar-refractivity contribution in [1.29, 1.82) is 0 Å². The molecule has 32 heavy (non-hydrogen) atoms. The van der Waals surface area contributed by atoms with Crippen molar-refractivity contribution in [2.75, 3.05) is 0 Å². The second-order valence-corrected chi connectivity index (χ2v) is 12.0. The smallest absolute Gasteiger partial charge is 0.306 e. The van der Waals surface area contributed by atoms with E-state index < -0.39 is 0 Å². The molecule has 0 aromatic heterocycles. The fourth-order valence-corrected chi connectivity index (χ4v) is 8.54. The third-order valence-electron chi connectivity index (χ3n) is 10.5. The van der Waals surface area contributed by atoms with Crippen LogP contribution in [0.25, 0.3) is 0 Å². The van der Waals surface area contributed by atoms with E-state index >= 15 is 0 Å². The Kier molecular flexibility index (Phi) is 5.54. The van der Waals surface area contributed by atoms with Crippen LogP contribution in [-0.2, 0) is 14.3 Å². The largest absolute Gasteiger partial charge is 0.462 e. The van der Waals surface area contributed by atoms with E-state index in [2.05, 4.69) is 27.4 Å². The quantitative estimate of drug-likeness (QED) is 0.459. The highest BCUT2D eigenvalue weighted by atomic mass is 16.5. The minimum absolute atomic E-state index is 0.0284. The maximum atomic E-state index is 12.7. The number of ketones is 1. The predicted molar refractivity (Wildman–Crippen MR) is 127 cm³/mol. The molecule has 0 aromatic carbocycles. The highest BCUT2D eigenvalue weighted by molar-refractivity contribution is 6.02. The zero-order valence-corrected chi connectivity index (χ0v) is 20.3. The molecule has 4 fully saturated rings. The average Bonchev–Trinajstić information content (AvgIpc) is 3.37. The molecule has 0 saturated heterocycles. The lowest BCUT2D eigenvalue weighted by atomic mass is 9.46. The third kappa shape index (κ3) is 3.37. The number of esters is 1. The van der Waals surface area contributed by atoms with Crippen LogP contribution in [0.2, 0.25) is 0 Å². The summed E-state index contributed by atoms with van der Waals surface area (Å²) in [4.78, 5) is 25.0. The van der Waals surface area contributed by atoms with Gasteiger partial charge in [-0.25, -0.2) is 0 Å². The van der Waals surface area contributed by atoms with E-state index in [1.54, 1.807) is 0 Å². The molecule has 0 radical (unpaired) electrons. The number of hydrogen-bond donors (Lipinski definition) is 0. The summed E-state index contributed by atoms with van der Waals surface area (Å²) >= 11 is 0. The molecule has 0 bridgehead atoms. The van der Waals surface area contributed by atoms with Crippen molar-refractivity contribution >= 4 is 11.8 Å². The maximum absolute atomic E-state index is 12.7. The Morgan fingerprint density at radius 3 is 2.59 bits per heavy atom. The van der Waals surface area contributed by atoms with Crippen molar-refractivity contribution in [2.24, 2.45) is 34.5 Å². The molecule has 3 nitrogen and oxygen atoms in total. The first-order valence-electron chi connectivity index (χ1n) is 13.1. The topological polar surface area (TPSA) is 43.4 Å². The van der Waals surface area contributed by atoms with Crippen LogP contribution in [0.1, 0.15) is 91.4 Å². The molecule has 0 amide bonds. The highest BCUT2D eigenvalue weighted by Crippen LogP contribution is 2.66. The third-order valence-corrected chi connectivity index (χ3v) is 10.5. The second-order valence-electron chi connectivity index (χ2n) is 12.0. The number of carbonyl (C=O) groups excluding carboxylic acids is 2. The van der Waals surface area contributed by atoms with Crippen LogP contribution in [0.4, 0.5) is 0 Å². The Balaban J connectivity index is 1.31. The van der Waals surface area contributed by atoms with Crippen LogP contribution in [0, 0.1) is 34.5 Å². The Hall–Kier alpha value is -1.64. The molecule has 0 aromatic rings. The standard InChI is InChI=1S/C29H40O3/c1-18-15-22-23-10-11-26(32-27(31)12-9-20-7-5-6-8-20)28(23,3)14-13-24(22)29(4)19(2)16-21(30)17-25(18)29/h16-17,20,22-24,26H,1,5-15H2,2-4H3/t22-,23-,24-,26-,28-,29+/m0/s1. The first kappa shape index (κ1) is 22.2. The monoisotopic (exact) mass is 436 g/mol. The Morgan fingerprint density at radius 2 is 1.84 bits per heavy atom. The summed E-state index contributed by atoms with van der Waals surface area (Å²) < 4.78 is 6.19. The number of carbonyl (C=O) groups is 2. The van der Waals surface area contributed by atoms with Crippen molar-refractivity contribution in [3.63, 3.8) is 0 Å². The van der Waals surface area contributed by atoms with E-state index in [1.165, 1.54) is 36.8 Å². The lowest BCUT2D eigenvalue weighted by molar-refractivity contribution is -0.159. The van der Waals surface area contributed by atoms with Crippen LogP contribution in [0.15, 0.2) is 35.5 Å². The van der Waals surface area contributed by atoms with Crippen molar-refractivity contribution < 1.29 is 14.3 Å². The average molecular weight is 437 g/mol. The Bertz CT molecular complexity index is 888. The molecule has 0 aliphatic heterocycles. The summed E-state index contributed by atoms with van der Waals surface area (Å²) in [6, 6.07) is 0. The van der Waals surface area contributed by atoms with E-state index in [0.29, 0.717) is 24.2 Å². The van der Waals surface area contributed by atoms with Crippen LogP contribution < -0.4 is 0 Å². The summed E-state index contributed by atoms with van der Waals surface area (Å²) in [6.07, 6.45) is 16.0. The first-order chi connectivity index (χ1) is 15.2. The molecule has 6 atom stereocenters. The number of hydrogen-bond acceptors (Lipinski definition) is 3. The molecule has 5 aliphatic rings. The van der Waals surface area contributed by atoms with Crippen LogP contribution in [0.5, 0.6) is 0 Å². The van der Waals surface area contributed by atoms with Crippen molar-refractivity contribution in [3.05, 3.63) is 35.5 Å². The number of allylic oxidation sites excluding steroid dienone is 5. The van der Waals surface area contributed by atoms with E-state index in [4.69, 9.17) is 4.74 Å². The molecule has 4 saturated carbocycles. The highest BCUT2D eigenvalue weighted by Gasteiger charge is 2.61. The minimum atomic E-state index is -0.0781. The SMILES string of the molecule is C=C1C[C@@H]2[C@H](CC[C@]3(C)[C@@H](OC(=O)CCC4CCCC4)CC[C@@H]23)[C@@]2(C)C(C)=CC(=O)C=C12. The van der Waals surface area contributed by atoms with Gasteiger partial charge < -0.3 is 4.74 Å². The van der Waals surface area contributed by atoms with Gasteiger partial charge in [-0.05, 0) is 86.8 Å². The first-order valence-corrected chi connectivity index (χ1v) is 13.1. The van der Waals surface area contributed by atoms with Gasteiger partial charge >= 0.3 is 5.97 Å². The van der Waals surface area contributed by atoms with Gasteiger partial charge in [-0.2, -0.15) is 0 Å². The molecular formula is C29H40O3. The molecule has 5 aliphatic carbocycles. The van der Waals surface area contributed by atoms with Gasteiger partial charge in [0, 0.05) is 17.3 Å². The molecule has 0 spiro atoms. The van der Waals surface area contributed by atoms with Crippen molar-refractivity contribution in [3.8, 4) is 0 Å². The molecule has 3 heteroatoms. The number of fused-ring (bicyclic) bond motifs is 5. The zero-order chi connectivity index (χ0) is 22.7. The number of ether oxygens (including phenoxy) is 1. The van der Waals surface area contributed by atoms with E-state index in [1.807, 2.05) is 12.2 Å². The molecule has 0 unspecified atom stereocenters. The molecule has 174 valence electrons. The summed E-state index contributed by atoms with van der Waals surface area (Å²) in [5, 5.41) is 0. The lowest BCUT2D eigenvalue weighted by Gasteiger charge is -2.58. The normalized spacial score (nSPS) is 41.5. The van der Waals surface area contributed by atoms with E-state index in [-0.39, 0.29) is 28.7 Å². The van der Waals surface area contributed by atoms with Gasteiger partial charge in [-0.1, -0.05) is 57.3 Å². The lowest BCUT2D eigenvalue weighted by Crippen LogP contribution is -2.52. The van der Waals surface area contributed by atoms with Gasteiger partial charge in [0.1, 0.15) is 6.10 Å². The van der Waals surface area contributed by atoms with Gasteiger partial charge in [-0.3, -0.25) is 9.59 Å². The number of rotatable bonds is 4. The van der Waals surface area contributed by atoms with Gasteiger partial charge in [0.15, 0.2) is 5.78 Å².